The molecule has 16 aromatic rings. The van der Waals surface area contributed by atoms with E-state index in [1.165, 1.54) is 85.8 Å². The quantitative estimate of drug-likeness (QED) is 0.161. The maximum absolute atomic E-state index is 5.58. The van der Waals surface area contributed by atoms with E-state index in [4.69, 9.17) is 15.0 Å². The molecule has 0 saturated carbocycles. The Morgan fingerprint density at radius 3 is 1.46 bits per heavy atom. The normalized spacial score (nSPS) is 12.1. The zero-order valence-corrected chi connectivity index (χ0v) is 40.6. The molecule has 0 fully saturated rings. The highest BCUT2D eigenvalue weighted by Gasteiger charge is 2.23. The highest BCUT2D eigenvalue weighted by Crippen LogP contribution is 2.46. The van der Waals surface area contributed by atoms with Crippen molar-refractivity contribution in [1.82, 2.24) is 19.5 Å². The maximum atomic E-state index is 5.58. The molecule has 4 nitrogen and oxygen atoms in total. The van der Waals surface area contributed by atoms with Crippen LogP contribution in [0.2, 0.25) is 0 Å². The number of fused-ring (bicyclic) bond motifs is 18. The zero-order valence-electron chi connectivity index (χ0n) is 39.8. The molecule has 0 saturated heterocycles. The predicted molar refractivity (Wildman–Crippen MR) is 314 cm³/mol. The van der Waals surface area contributed by atoms with Crippen molar-refractivity contribution in [3.63, 3.8) is 0 Å². The Balaban J connectivity index is 0.970. The van der Waals surface area contributed by atoms with E-state index in [0.29, 0.717) is 17.5 Å². The second kappa shape index (κ2) is 16.0. The lowest BCUT2D eigenvalue weighted by molar-refractivity contribution is 1.08. The van der Waals surface area contributed by atoms with E-state index in [9.17, 15) is 0 Å². The third-order valence-electron chi connectivity index (χ3n) is 15.4. The van der Waals surface area contributed by atoms with Gasteiger partial charge in [-0.1, -0.05) is 194 Å². The Kier molecular flexibility index (Phi) is 8.88. The van der Waals surface area contributed by atoms with Gasteiger partial charge in [-0.15, -0.1) is 11.3 Å². The fourth-order valence-corrected chi connectivity index (χ4v) is 13.3. The van der Waals surface area contributed by atoms with Crippen LogP contribution in [-0.4, -0.2) is 19.5 Å². The van der Waals surface area contributed by atoms with Gasteiger partial charge in [0.1, 0.15) is 0 Å². The summed E-state index contributed by atoms with van der Waals surface area (Å²) in [6.07, 6.45) is 0. The van der Waals surface area contributed by atoms with E-state index in [1.807, 2.05) is 6.07 Å². The Morgan fingerprint density at radius 2 is 0.757 bits per heavy atom. The Hall–Kier alpha value is -9.55. The van der Waals surface area contributed by atoms with Crippen molar-refractivity contribution in [1.29, 1.82) is 0 Å². The van der Waals surface area contributed by atoms with Gasteiger partial charge in [0.15, 0.2) is 17.5 Å². The van der Waals surface area contributed by atoms with Gasteiger partial charge in [-0.3, -0.25) is 0 Å². The van der Waals surface area contributed by atoms with Crippen LogP contribution in [0.3, 0.4) is 0 Å². The van der Waals surface area contributed by atoms with Gasteiger partial charge in [-0.2, -0.15) is 0 Å². The number of nitrogens with zero attached hydrogens (tertiary/aromatic N) is 4. The number of rotatable bonds is 5. The molecule has 5 heteroatoms. The lowest BCUT2D eigenvalue weighted by atomic mass is 9.91. The molecule has 0 radical (unpaired) electrons. The second-order valence-corrected chi connectivity index (χ2v) is 20.4. The van der Waals surface area contributed by atoms with Gasteiger partial charge in [-0.25, -0.2) is 15.0 Å². The SMILES string of the molecule is c1ccc(-c2nc(-c3cccc4c3sc3ccccc34)nc(-c3cc(-n4c5ccccc5c5cc(-c6ccc7c8ccccc8c8ccccc8c7c6)ccc54)cc4c5ccccc5c5ccccc5c34)n2)cc1. The number of benzene rings is 13. The minimum atomic E-state index is 0.624. The molecule has 0 aliphatic rings. The van der Waals surface area contributed by atoms with Crippen LogP contribution in [0.1, 0.15) is 0 Å². The lowest BCUT2D eigenvalue weighted by Crippen LogP contribution is -2.02. The van der Waals surface area contributed by atoms with Crippen molar-refractivity contribution in [2.24, 2.45) is 0 Å². The highest BCUT2D eigenvalue weighted by molar-refractivity contribution is 7.26. The molecular formula is C69H40N4S. The molecule has 0 amide bonds. The van der Waals surface area contributed by atoms with Gasteiger partial charge in [0.05, 0.1) is 11.0 Å². The Bertz CT molecular complexity index is 4990. The molecule has 74 heavy (non-hydrogen) atoms. The van der Waals surface area contributed by atoms with E-state index in [1.54, 1.807) is 11.3 Å². The molecule has 0 unspecified atom stereocenters. The summed E-state index contributed by atoms with van der Waals surface area (Å²) >= 11 is 1.79. The van der Waals surface area contributed by atoms with Crippen molar-refractivity contribution < 1.29 is 0 Å². The standard InChI is InChI=1S/C69H40N4S/c1-2-17-41(18-3-1)67-70-68(57-30-16-29-56-54-27-13-15-32-64(54)74-66(56)57)72-69(71-67)61-40-44(39-60-51-25-9-7-22-48(51)49-23-10-11-28-55(49)65(60)61)73-62-31-14-12-26-53(62)59-38-43(34-36-63(59)73)42-33-35-52-47-21-5-4-19-45(47)46-20-6-8-24-50(46)58(52)37-42/h1-40H. The van der Waals surface area contributed by atoms with E-state index < -0.39 is 0 Å². The minimum Gasteiger partial charge on any atom is -0.309 e. The third kappa shape index (κ3) is 6.11. The molecule has 342 valence electrons. The topological polar surface area (TPSA) is 43.6 Å². The molecule has 0 bridgehead atoms. The van der Waals surface area contributed by atoms with Gasteiger partial charge in [0, 0.05) is 58.7 Å². The summed E-state index contributed by atoms with van der Waals surface area (Å²) in [6, 6.07) is 88.3. The summed E-state index contributed by atoms with van der Waals surface area (Å²) < 4.78 is 4.84. The first-order valence-corrected chi connectivity index (χ1v) is 26.0. The first-order valence-electron chi connectivity index (χ1n) is 25.2. The molecular weight excluding hydrogens is 917 g/mol. The molecule has 13 aromatic carbocycles. The summed E-state index contributed by atoms with van der Waals surface area (Å²) in [5.74, 6) is 1.90. The van der Waals surface area contributed by atoms with Gasteiger partial charge in [0.2, 0.25) is 0 Å². The van der Waals surface area contributed by atoms with Crippen molar-refractivity contribution in [3.8, 4) is 51.0 Å². The number of thiophene rings is 1. The van der Waals surface area contributed by atoms with Crippen LogP contribution in [0.15, 0.2) is 243 Å². The van der Waals surface area contributed by atoms with Crippen molar-refractivity contribution in [3.05, 3.63) is 243 Å². The fourth-order valence-electron chi connectivity index (χ4n) is 12.1. The molecule has 0 aliphatic carbocycles. The van der Waals surface area contributed by atoms with Gasteiger partial charge in [-0.05, 0) is 119 Å². The van der Waals surface area contributed by atoms with E-state index >= 15 is 0 Å². The van der Waals surface area contributed by atoms with Crippen LogP contribution >= 0.6 is 11.3 Å². The summed E-state index contributed by atoms with van der Waals surface area (Å²) in [5.41, 5.74) is 8.52. The molecule has 0 N–H and O–H groups in total. The Morgan fingerprint density at radius 1 is 0.270 bits per heavy atom. The van der Waals surface area contributed by atoms with Crippen LogP contribution in [0.5, 0.6) is 0 Å². The third-order valence-corrected chi connectivity index (χ3v) is 16.6. The first-order chi connectivity index (χ1) is 36.7. The molecule has 16 rings (SSSR count). The number of hydrogen-bond acceptors (Lipinski definition) is 4. The monoisotopic (exact) mass is 956 g/mol. The van der Waals surface area contributed by atoms with Crippen LogP contribution in [-0.2, 0) is 0 Å². The predicted octanol–water partition coefficient (Wildman–Crippen LogP) is 18.9. The van der Waals surface area contributed by atoms with Crippen LogP contribution < -0.4 is 0 Å². The lowest BCUT2D eigenvalue weighted by Gasteiger charge is -2.18. The van der Waals surface area contributed by atoms with Crippen molar-refractivity contribution >= 4 is 118 Å². The number of para-hydroxylation sites is 1. The summed E-state index contributed by atoms with van der Waals surface area (Å²) in [5, 5.41) is 19.4. The average Bonchev–Trinajstić information content (AvgIpc) is 4.04. The average molecular weight is 957 g/mol. The minimum absolute atomic E-state index is 0.624. The summed E-state index contributed by atoms with van der Waals surface area (Å²) in [4.78, 5) is 16.4. The number of hydrogen-bond donors (Lipinski definition) is 0. The molecule has 0 spiro atoms. The van der Waals surface area contributed by atoms with Crippen LogP contribution in [0.4, 0.5) is 0 Å². The second-order valence-electron chi connectivity index (χ2n) is 19.4. The van der Waals surface area contributed by atoms with Crippen molar-refractivity contribution in [2.45, 2.75) is 0 Å². The highest BCUT2D eigenvalue weighted by atomic mass is 32.1. The van der Waals surface area contributed by atoms with Crippen LogP contribution in [0, 0.1) is 0 Å². The van der Waals surface area contributed by atoms with Crippen molar-refractivity contribution in [2.75, 3.05) is 0 Å². The molecule has 0 aliphatic heterocycles. The largest absolute Gasteiger partial charge is 0.309 e. The number of aromatic nitrogens is 4. The van der Waals surface area contributed by atoms with Crippen LogP contribution in [0.25, 0.3) is 158 Å². The smallest absolute Gasteiger partial charge is 0.165 e. The molecule has 0 atom stereocenters. The van der Waals surface area contributed by atoms with Gasteiger partial charge in [0.25, 0.3) is 0 Å². The molecule has 3 heterocycles. The van der Waals surface area contributed by atoms with E-state index in [-0.39, 0.29) is 0 Å². The Labute approximate surface area is 428 Å². The van der Waals surface area contributed by atoms with E-state index in [0.717, 1.165) is 54.3 Å². The summed E-state index contributed by atoms with van der Waals surface area (Å²) in [7, 11) is 0. The summed E-state index contributed by atoms with van der Waals surface area (Å²) in [6.45, 7) is 0. The zero-order chi connectivity index (χ0) is 48.4. The van der Waals surface area contributed by atoms with Gasteiger partial charge >= 0.3 is 0 Å². The first kappa shape index (κ1) is 41.1. The fraction of sp³-hybridized carbons (Fsp3) is 0. The maximum Gasteiger partial charge on any atom is 0.165 e. The molecule has 3 aromatic heterocycles. The van der Waals surface area contributed by atoms with Gasteiger partial charge < -0.3 is 4.57 Å². The van der Waals surface area contributed by atoms with E-state index in [2.05, 4.69) is 241 Å².